The number of rotatable bonds is 9. The fourth-order valence-electron chi connectivity index (χ4n) is 1.61. The molecule has 6 heteroatoms. The van der Waals surface area contributed by atoms with E-state index in [1.54, 1.807) is 12.1 Å². The maximum Gasteiger partial charge on any atom is 0.317 e. The van der Waals surface area contributed by atoms with Gasteiger partial charge in [-0.2, -0.15) is 0 Å². The molecule has 0 aliphatic heterocycles. The lowest BCUT2D eigenvalue weighted by molar-refractivity contribution is -0.135. The van der Waals surface area contributed by atoms with Gasteiger partial charge in [0.25, 0.3) is 0 Å². The Morgan fingerprint density at radius 1 is 1.30 bits per heavy atom. The number of ether oxygens (including phenoxy) is 2. The highest BCUT2D eigenvalue weighted by Gasteiger charge is 2.11. The topological polar surface area (TPSA) is 67.8 Å². The first-order valence-electron chi connectivity index (χ1n) is 6.59. The van der Waals surface area contributed by atoms with Crippen LogP contribution < -0.4 is 14.8 Å². The molecule has 0 spiro atoms. The second-order valence-corrected chi connectivity index (χ2v) is 4.58. The van der Waals surface area contributed by atoms with E-state index in [-0.39, 0.29) is 6.54 Å². The molecule has 20 heavy (non-hydrogen) atoms. The Labute approximate surface area is 123 Å². The van der Waals surface area contributed by atoms with Crippen LogP contribution in [0, 0.1) is 0 Å². The van der Waals surface area contributed by atoms with Gasteiger partial charge in [0.1, 0.15) is 0 Å². The summed E-state index contributed by atoms with van der Waals surface area (Å²) in [6, 6.07) is 3.49. The number of carbonyl (C=O) groups is 1. The van der Waals surface area contributed by atoms with Crippen LogP contribution in [0.25, 0.3) is 0 Å². The molecule has 1 aromatic rings. The first kappa shape index (κ1) is 16.6. The van der Waals surface area contributed by atoms with Gasteiger partial charge in [0.05, 0.1) is 19.8 Å². The van der Waals surface area contributed by atoms with Crippen molar-refractivity contribution in [2.24, 2.45) is 0 Å². The summed E-state index contributed by atoms with van der Waals surface area (Å²) < 4.78 is 11.1. The van der Waals surface area contributed by atoms with E-state index in [4.69, 9.17) is 26.2 Å². The van der Waals surface area contributed by atoms with Crippen molar-refractivity contribution >= 4 is 17.6 Å². The first-order chi connectivity index (χ1) is 9.58. The van der Waals surface area contributed by atoms with Crippen molar-refractivity contribution in [1.82, 2.24) is 5.32 Å². The van der Waals surface area contributed by atoms with Gasteiger partial charge in [0.2, 0.25) is 0 Å². The van der Waals surface area contributed by atoms with Gasteiger partial charge < -0.3 is 19.9 Å². The normalized spacial score (nSPS) is 10.3. The van der Waals surface area contributed by atoms with Crippen LogP contribution in [0.2, 0.25) is 5.02 Å². The van der Waals surface area contributed by atoms with Crippen LogP contribution in [0.4, 0.5) is 0 Å². The van der Waals surface area contributed by atoms with E-state index < -0.39 is 5.97 Å². The third-order valence-corrected chi connectivity index (χ3v) is 2.82. The van der Waals surface area contributed by atoms with Crippen LogP contribution >= 0.6 is 11.6 Å². The molecular weight excluding hydrogens is 282 g/mol. The molecule has 0 atom stereocenters. The minimum atomic E-state index is -0.908. The number of halogens is 1. The number of carboxylic acids is 1. The van der Waals surface area contributed by atoms with Crippen LogP contribution in [0.3, 0.4) is 0 Å². The average molecular weight is 302 g/mol. The van der Waals surface area contributed by atoms with Crippen molar-refractivity contribution in [2.75, 3.05) is 19.8 Å². The zero-order valence-corrected chi connectivity index (χ0v) is 12.5. The summed E-state index contributed by atoms with van der Waals surface area (Å²) in [4.78, 5) is 10.5. The number of hydrogen-bond acceptors (Lipinski definition) is 4. The standard InChI is InChI=1S/C14H20ClNO4/c1-3-5-20-13-7-11(15)10(6-12(13)19-4-2)8-16-9-14(17)18/h6-7,16H,3-5,8-9H2,1-2H3,(H,17,18). The fourth-order valence-corrected chi connectivity index (χ4v) is 1.83. The molecule has 0 aliphatic carbocycles. The van der Waals surface area contributed by atoms with Crippen molar-refractivity contribution in [2.45, 2.75) is 26.8 Å². The van der Waals surface area contributed by atoms with Gasteiger partial charge in [-0.15, -0.1) is 0 Å². The highest BCUT2D eigenvalue weighted by atomic mass is 35.5. The molecule has 0 unspecified atom stereocenters. The van der Waals surface area contributed by atoms with Gasteiger partial charge in [-0.1, -0.05) is 18.5 Å². The van der Waals surface area contributed by atoms with Crippen LogP contribution in [-0.4, -0.2) is 30.8 Å². The Hall–Kier alpha value is -1.46. The lowest BCUT2D eigenvalue weighted by Crippen LogP contribution is -2.22. The Balaban J connectivity index is 2.84. The van der Waals surface area contributed by atoms with Crippen molar-refractivity contribution in [1.29, 1.82) is 0 Å². The van der Waals surface area contributed by atoms with Crippen molar-refractivity contribution in [3.05, 3.63) is 22.7 Å². The van der Waals surface area contributed by atoms with Gasteiger partial charge in [-0.3, -0.25) is 4.79 Å². The molecule has 0 fully saturated rings. The van der Waals surface area contributed by atoms with Crippen LogP contribution in [0.5, 0.6) is 11.5 Å². The number of hydrogen-bond donors (Lipinski definition) is 2. The monoisotopic (exact) mass is 301 g/mol. The summed E-state index contributed by atoms with van der Waals surface area (Å²) >= 11 is 6.17. The van der Waals surface area contributed by atoms with E-state index in [0.717, 1.165) is 12.0 Å². The van der Waals surface area contributed by atoms with E-state index in [9.17, 15) is 4.79 Å². The molecule has 5 nitrogen and oxygen atoms in total. The van der Waals surface area contributed by atoms with E-state index in [1.807, 2.05) is 13.8 Å². The van der Waals surface area contributed by atoms with E-state index in [2.05, 4.69) is 5.32 Å². The van der Waals surface area contributed by atoms with Crippen molar-refractivity contribution in [3.63, 3.8) is 0 Å². The van der Waals surface area contributed by atoms with Gasteiger partial charge in [-0.05, 0) is 25.0 Å². The van der Waals surface area contributed by atoms with Crippen LogP contribution in [0.15, 0.2) is 12.1 Å². The molecule has 112 valence electrons. The highest BCUT2D eigenvalue weighted by molar-refractivity contribution is 6.31. The maximum absolute atomic E-state index is 10.5. The zero-order valence-electron chi connectivity index (χ0n) is 11.7. The molecule has 2 N–H and O–H groups in total. The van der Waals surface area contributed by atoms with Gasteiger partial charge in [-0.25, -0.2) is 0 Å². The van der Waals surface area contributed by atoms with Gasteiger partial charge in [0.15, 0.2) is 11.5 Å². The van der Waals surface area contributed by atoms with Gasteiger partial charge >= 0.3 is 5.97 Å². The lowest BCUT2D eigenvalue weighted by atomic mass is 10.2. The molecule has 1 rings (SSSR count). The highest BCUT2D eigenvalue weighted by Crippen LogP contribution is 2.33. The SMILES string of the molecule is CCCOc1cc(Cl)c(CNCC(=O)O)cc1OCC. The van der Waals surface area contributed by atoms with Gasteiger partial charge in [0, 0.05) is 17.6 Å². The minimum absolute atomic E-state index is 0.117. The molecular formula is C14H20ClNO4. The Morgan fingerprint density at radius 3 is 2.60 bits per heavy atom. The van der Waals surface area contributed by atoms with Crippen molar-refractivity contribution in [3.8, 4) is 11.5 Å². The molecule has 0 aromatic heterocycles. The number of nitrogens with one attached hydrogen (secondary N) is 1. The maximum atomic E-state index is 10.5. The Bertz CT molecular complexity index is 451. The molecule has 0 aliphatic rings. The second-order valence-electron chi connectivity index (χ2n) is 4.17. The molecule has 0 bridgehead atoms. The zero-order chi connectivity index (χ0) is 15.0. The number of benzene rings is 1. The Kier molecular flexibility index (Phi) is 7.18. The third-order valence-electron chi connectivity index (χ3n) is 2.47. The lowest BCUT2D eigenvalue weighted by Gasteiger charge is -2.14. The summed E-state index contributed by atoms with van der Waals surface area (Å²) in [5.41, 5.74) is 0.778. The van der Waals surface area contributed by atoms with E-state index >= 15 is 0 Å². The number of aliphatic carboxylic acids is 1. The summed E-state index contributed by atoms with van der Waals surface area (Å²) in [5, 5.41) is 11.9. The fraction of sp³-hybridized carbons (Fsp3) is 0.500. The minimum Gasteiger partial charge on any atom is -0.490 e. The second kappa shape index (κ2) is 8.66. The van der Waals surface area contributed by atoms with E-state index in [0.29, 0.717) is 36.3 Å². The molecule has 0 saturated carbocycles. The Morgan fingerprint density at radius 2 is 2.00 bits per heavy atom. The molecule has 0 amide bonds. The summed E-state index contributed by atoms with van der Waals surface area (Å²) in [6.07, 6.45) is 0.894. The first-order valence-corrected chi connectivity index (χ1v) is 6.96. The summed E-state index contributed by atoms with van der Waals surface area (Å²) in [7, 11) is 0. The largest absolute Gasteiger partial charge is 0.490 e. The predicted molar refractivity (Wildman–Crippen MR) is 77.7 cm³/mol. The molecule has 1 aromatic carbocycles. The molecule has 0 heterocycles. The molecule has 0 saturated heterocycles. The smallest absolute Gasteiger partial charge is 0.317 e. The third kappa shape index (κ3) is 5.27. The molecule has 0 radical (unpaired) electrons. The average Bonchev–Trinajstić information content (AvgIpc) is 2.40. The summed E-state index contributed by atoms with van der Waals surface area (Å²) in [5.74, 6) is 0.326. The van der Waals surface area contributed by atoms with E-state index in [1.165, 1.54) is 0 Å². The predicted octanol–water partition coefficient (Wildman–Crippen LogP) is 2.70. The van der Waals surface area contributed by atoms with Crippen LogP contribution in [0.1, 0.15) is 25.8 Å². The number of carboxylic acid groups (broad SMARTS) is 1. The van der Waals surface area contributed by atoms with Crippen LogP contribution in [-0.2, 0) is 11.3 Å². The quantitative estimate of drug-likeness (QED) is 0.734. The summed E-state index contributed by atoms with van der Waals surface area (Å²) in [6.45, 7) is 5.26. The van der Waals surface area contributed by atoms with Crippen molar-refractivity contribution < 1.29 is 19.4 Å².